The van der Waals surface area contributed by atoms with Crippen LogP contribution in [0.2, 0.25) is 0 Å². The number of allylic oxidation sites excluding steroid dienone is 16. The first-order valence-electron chi connectivity index (χ1n) is 28.9. The van der Waals surface area contributed by atoms with Gasteiger partial charge in [0.1, 0.15) is 13.2 Å². The van der Waals surface area contributed by atoms with Gasteiger partial charge in [-0.25, -0.2) is 0 Å². The highest BCUT2D eigenvalue weighted by Crippen LogP contribution is 2.16. The summed E-state index contributed by atoms with van der Waals surface area (Å²) in [5.74, 6) is -2.30. The molecule has 0 radical (unpaired) electrons. The number of aliphatic carboxylic acids is 1. The molecule has 2 unspecified atom stereocenters. The topological polar surface area (TPSA) is 111 Å². The molecular weight excluding hydrogens is 899 g/mol. The van der Waals surface area contributed by atoms with Crippen molar-refractivity contribution in [3.8, 4) is 0 Å². The van der Waals surface area contributed by atoms with Gasteiger partial charge in [0.05, 0.1) is 40.3 Å². The molecule has 0 saturated carbocycles. The molecule has 72 heavy (non-hydrogen) atoms. The average Bonchev–Trinajstić information content (AvgIpc) is 3.35. The van der Waals surface area contributed by atoms with Crippen LogP contribution in [0.1, 0.15) is 226 Å². The van der Waals surface area contributed by atoms with Crippen LogP contribution in [0.25, 0.3) is 0 Å². The molecule has 0 bridgehead atoms. The zero-order chi connectivity index (χ0) is 52.7. The van der Waals surface area contributed by atoms with E-state index in [-0.39, 0.29) is 38.6 Å². The number of hydrogen-bond donors (Lipinski definition) is 0. The van der Waals surface area contributed by atoms with Gasteiger partial charge in [-0.15, -0.1) is 0 Å². The molecule has 0 N–H and O–H groups in total. The predicted molar refractivity (Wildman–Crippen MR) is 301 cm³/mol. The maximum Gasteiger partial charge on any atom is 0.306 e. The maximum atomic E-state index is 12.8. The third kappa shape index (κ3) is 54.0. The molecule has 0 heterocycles. The van der Waals surface area contributed by atoms with Crippen LogP contribution in [-0.2, 0) is 33.3 Å². The molecule has 9 nitrogen and oxygen atoms in total. The van der Waals surface area contributed by atoms with Gasteiger partial charge in [0.25, 0.3) is 0 Å². The van der Waals surface area contributed by atoms with Crippen molar-refractivity contribution in [2.75, 3.05) is 47.5 Å². The van der Waals surface area contributed by atoms with E-state index in [0.717, 1.165) is 109 Å². The molecule has 0 rings (SSSR count). The van der Waals surface area contributed by atoms with E-state index >= 15 is 0 Å². The Kier molecular flexibility index (Phi) is 50.7. The summed E-state index contributed by atoms with van der Waals surface area (Å²) < 4.78 is 22.6. The number of carbonyl (C=O) groups is 3. The Bertz CT molecular complexity index is 1500. The lowest BCUT2D eigenvalue weighted by Crippen LogP contribution is -2.44. The van der Waals surface area contributed by atoms with E-state index < -0.39 is 24.3 Å². The van der Waals surface area contributed by atoms with Crippen molar-refractivity contribution >= 4 is 17.9 Å². The quantitative estimate of drug-likeness (QED) is 0.0195. The summed E-state index contributed by atoms with van der Waals surface area (Å²) in [5.41, 5.74) is 0. The zero-order valence-electron chi connectivity index (χ0n) is 46.8. The maximum absolute atomic E-state index is 12.8. The Balaban J connectivity index is 4.04. The van der Waals surface area contributed by atoms with Gasteiger partial charge >= 0.3 is 11.9 Å². The van der Waals surface area contributed by atoms with Gasteiger partial charge in [-0.05, 0) is 89.9 Å². The third-order valence-electron chi connectivity index (χ3n) is 12.0. The Morgan fingerprint density at radius 3 is 1.19 bits per heavy atom. The number of carboxylic acids is 1. The minimum absolute atomic E-state index is 0.144. The van der Waals surface area contributed by atoms with Crippen LogP contribution < -0.4 is 5.11 Å². The predicted octanol–water partition coefficient (Wildman–Crippen LogP) is 15.6. The van der Waals surface area contributed by atoms with Gasteiger partial charge in [0.2, 0.25) is 0 Å². The summed E-state index contributed by atoms with van der Waals surface area (Å²) >= 11 is 0. The Labute approximate surface area is 442 Å². The first-order valence-corrected chi connectivity index (χ1v) is 28.9. The fourth-order valence-corrected chi connectivity index (χ4v) is 7.64. The Hall–Kier alpha value is -3.79. The van der Waals surface area contributed by atoms with Gasteiger partial charge < -0.3 is 33.3 Å². The SMILES string of the molecule is CC/C=C\C/C=C\C/C=C\C/C=C\C/C=C\C/C=C\C/C=C\CCCCCCCCCCCCCCCCCC(=O)OC(COC(=O)CCCCCCC/C=C\CCC)COC(OCC[N+](C)(C)C)C(=O)[O-]. The molecule has 2 atom stereocenters. The number of nitrogens with zero attached hydrogens (tertiary/aromatic N) is 1. The van der Waals surface area contributed by atoms with Crippen molar-refractivity contribution < 1.29 is 42.9 Å². The Morgan fingerprint density at radius 2 is 0.792 bits per heavy atom. The van der Waals surface area contributed by atoms with E-state index in [1.807, 2.05) is 21.1 Å². The van der Waals surface area contributed by atoms with Gasteiger partial charge in [0, 0.05) is 12.8 Å². The van der Waals surface area contributed by atoms with E-state index in [9.17, 15) is 19.5 Å². The molecule has 0 aromatic heterocycles. The molecule has 0 aromatic carbocycles. The number of carboxylic acid groups (broad SMARTS) is 1. The molecular formula is C63H107NO8. The normalized spacial score (nSPS) is 13.5. The van der Waals surface area contributed by atoms with Crippen LogP contribution in [0, 0.1) is 0 Å². The number of hydrogen-bond acceptors (Lipinski definition) is 8. The molecule has 0 aliphatic carbocycles. The summed E-state index contributed by atoms with van der Waals surface area (Å²) in [6.45, 7) is 4.55. The van der Waals surface area contributed by atoms with E-state index in [1.165, 1.54) is 83.5 Å². The molecule has 0 fully saturated rings. The van der Waals surface area contributed by atoms with E-state index in [4.69, 9.17) is 18.9 Å². The molecule has 0 aliphatic rings. The summed E-state index contributed by atoms with van der Waals surface area (Å²) in [6, 6.07) is 0. The van der Waals surface area contributed by atoms with Crippen molar-refractivity contribution in [1.29, 1.82) is 0 Å². The van der Waals surface area contributed by atoms with Crippen LogP contribution in [0.4, 0.5) is 0 Å². The lowest BCUT2D eigenvalue weighted by Gasteiger charge is -2.26. The smallest absolute Gasteiger partial charge is 0.306 e. The fraction of sp³-hybridized carbons (Fsp3) is 0.698. The molecule has 0 amide bonds. The first-order chi connectivity index (χ1) is 35.1. The molecule has 9 heteroatoms. The summed E-state index contributed by atoms with van der Waals surface area (Å²) in [6.07, 6.45) is 69.1. The zero-order valence-corrected chi connectivity index (χ0v) is 46.8. The number of esters is 2. The highest BCUT2D eigenvalue weighted by atomic mass is 16.7. The highest BCUT2D eigenvalue weighted by molar-refractivity contribution is 5.70. The summed E-state index contributed by atoms with van der Waals surface area (Å²) in [7, 11) is 5.91. The number of carbonyl (C=O) groups excluding carboxylic acids is 3. The number of quaternary nitrogens is 1. The fourth-order valence-electron chi connectivity index (χ4n) is 7.64. The van der Waals surface area contributed by atoms with E-state index in [2.05, 4.69) is 111 Å². The van der Waals surface area contributed by atoms with Crippen molar-refractivity contribution in [3.05, 3.63) is 97.2 Å². The molecule has 0 aliphatic heterocycles. The lowest BCUT2D eigenvalue weighted by atomic mass is 10.0. The third-order valence-corrected chi connectivity index (χ3v) is 12.0. The minimum atomic E-state index is -1.62. The monoisotopic (exact) mass is 1010 g/mol. The van der Waals surface area contributed by atoms with E-state index in [0.29, 0.717) is 17.4 Å². The van der Waals surface area contributed by atoms with Crippen molar-refractivity contribution in [3.63, 3.8) is 0 Å². The second kappa shape index (κ2) is 53.5. The van der Waals surface area contributed by atoms with Gasteiger partial charge in [-0.1, -0.05) is 220 Å². The van der Waals surface area contributed by atoms with Gasteiger partial charge in [-0.3, -0.25) is 9.59 Å². The van der Waals surface area contributed by atoms with Crippen LogP contribution in [-0.4, -0.2) is 82.3 Å². The molecule has 0 saturated heterocycles. The average molecular weight is 1010 g/mol. The number of ether oxygens (including phenoxy) is 4. The standard InChI is InChI=1S/C63H107NO8/c1-6-8-10-12-14-16-18-19-20-21-22-23-24-25-26-27-28-29-30-31-32-33-34-35-36-37-38-39-40-41-42-43-44-46-48-50-52-54-61(66)72-59(58-71-63(62(67)68)69-56-55-64(3,4)5)57-70-60(65)53-51-49-47-45-17-15-13-11-9-7-2/h8,10-11,13-14,16,19-20,22-23,25-26,28-29,31-32,59,63H,6-7,9,12,15,17-18,21,24,27,30,33-58H2,1-5H3/b10-8-,13-11-,16-14-,20-19-,23-22-,26-25-,29-28-,32-31-. The number of rotatable bonds is 52. The molecule has 412 valence electrons. The van der Waals surface area contributed by atoms with Crippen LogP contribution in [0.5, 0.6) is 0 Å². The lowest BCUT2D eigenvalue weighted by molar-refractivity contribution is -0.870. The van der Waals surface area contributed by atoms with Crippen molar-refractivity contribution in [2.24, 2.45) is 0 Å². The highest BCUT2D eigenvalue weighted by Gasteiger charge is 2.22. The van der Waals surface area contributed by atoms with Crippen LogP contribution in [0.3, 0.4) is 0 Å². The Morgan fingerprint density at radius 1 is 0.431 bits per heavy atom. The van der Waals surface area contributed by atoms with Crippen molar-refractivity contribution in [1.82, 2.24) is 0 Å². The number of unbranched alkanes of at least 4 members (excludes halogenated alkanes) is 21. The summed E-state index contributed by atoms with van der Waals surface area (Å²) in [5, 5.41) is 11.7. The minimum Gasteiger partial charge on any atom is -0.545 e. The summed E-state index contributed by atoms with van der Waals surface area (Å²) in [4.78, 5) is 37.1. The van der Waals surface area contributed by atoms with Gasteiger partial charge in [-0.2, -0.15) is 0 Å². The van der Waals surface area contributed by atoms with Crippen molar-refractivity contribution in [2.45, 2.75) is 238 Å². The van der Waals surface area contributed by atoms with Crippen LogP contribution in [0.15, 0.2) is 97.2 Å². The van der Waals surface area contributed by atoms with E-state index in [1.54, 1.807) is 0 Å². The van der Waals surface area contributed by atoms with Gasteiger partial charge in [0.15, 0.2) is 12.4 Å². The second-order valence-electron chi connectivity index (χ2n) is 20.2. The largest absolute Gasteiger partial charge is 0.545 e. The number of likely N-dealkylation sites (N-methyl/N-ethyl adjacent to an activating group) is 1. The molecule has 0 spiro atoms. The van der Waals surface area contributed by atoms with Crippen LogP contribution >= 0.6 is 0 Å². The first kappa shape index (κ1) is 68.2. The second-order valence-corrected chi connectivity index (χ2v) is 20.2. The molecule has 0 aromatic rings.